The van der Waals surface area contributed by atoms with E-state index >= 15 is 0 Å². The summed E-state index contributed by atoms with van der Waals surface area (Å²) >= 11 is 0. The van der Waals surface area contributed by atoms with Gasteiger partial charge in [-0.05, 0) is 52.0 Å². The first-order chi connectivity index (χ1) is 18.9. The molecule has 0 spiro atoms. The monoisotopic (exact) mass is 610 g/mol. The number of amides is 2. The van der Waals surface area contributed by atoms with Crippen molar-refractivity contribution in [2.45, 2.75) is 74.8 Å². The molecule has 2 aromatic carbocycles. The minimum absolute atomic E-state index is 0.0706. The van der Waals surface area contributed by atoms with Gasteiger partial charge in [0.25, 0.3) is 29.3 Å². The lowest BCUT2D eigenvalue weighted by molar-refractivity contribution is -0.385. The number of nitrogens with one attached hydrogen (secondary N) is 2. The molecule has 0 radical (unpaired) electrons. The molecule has 4 atom stereocenters. The van der Waals surface area contributed by atoms with Gasteiger partial charge in [-0.2, -0.15) is 0 Å². The van der Waals surface area contributed by atoms with Gasteiger partial charge in [-0.15, -0.1) is 0 Å². The Balaban J connectivity index is 0.000000231. The molecule has 16 heteroatoms. The van der Waals surface area contributed by atoms with Crippen LogP contribution in [0.3, 0.4) is 0 Å². The fraction of sp³-hybridized carbons (Fsp3) is 0.462. The number of halogens is 8. The highest BCUT2D eigenvalue weighted by molar-refractivity contribution is 5.87. The van der Waals surface area contributed by atoms with Crippen LogP contribution in [-0.4, -0.2) is 39.9 Å². The molecule has 8 nitrogen and oxygen atoms in total. The number of anilines is 1. The average Bonchev–Trinajstić information content (AvgIpc) is 2.82. The molecule has 2 unspecified atom stereocenters. The summed E-state index contributed by atoms with van der Waals surface area (Å²) in [5, 5.41) is 14.4. The number of benzene rings is 2. The number of nitrogens with two attached hydrogens (primary N) is 1. The fourth-order valence-electron chi connectivity index (χ4n) is 4.71. The fourth-order valence-corrected chi connectivity index (χ4v) is 4.71. The minimum Gasteiger partial charge on any atom is -0.399 e. The molecule has 0 saturated carbocycles. The third-order valence-electron chi connectivity index (χ3n) is 7.47. The molecule has 2 aromatic rings. The Kier molecular flexibility index (Phi) is 7.81. The van der Waals surface area contributed by atoms with Gasteiger partial charge in [-0.1, -0.05) is 0 Å². The highest BCUT2D eigenvalue weighted by atomic mass is 19.3. The summed E-state index contributed by atoms with van der Waals surface area (Å²) in [4.78, 5) is 33.1. The van der Waals surface area contributed by atoms with Crippen molar-refractivity contribution in [1.29, 1.82) is 0 Å². The molecule has 2 fully saturated rings. The summed E-state index contributed by atoms with van der Waals surface area (Å²) in [6, 6.07) is 5.24. The van der Waals surface area contributed by atoms with Crippen LogP contribution in [0.2, 0.25) is 0 Å². The third-order valence-corrected chi connectivity index (χ3v) is 7.47. The van der Waals surface area contributed by atoms with Crippen LogP contribution in [0.25, 0.3) is 0 Å². The Bertz CT molecular complexity index is 1450. The van der Waals surface area contributed by atoms with Crippen molar-refractivity contribution in [2.24, 2.45) is 0 Å². The molecule has 4 rings (SSSR count). The highest BCUT2D eigenvalue weighted by Crippen LogP contribution is 2.49. The maximum Gasteiger partial charge on any atom is 0.278 e. The van der Waals surface area contributed by atoms with Crippen LogP contribution in [0.15, 0.2) is 36.4 Å². The zero-order chi connectivity index (χ0) is 32.3. The number of rotatable bonds is 3. The Morgan fingerprint density at radius 2 is 1.12 bits per heavy atom. The molecule has 42 heavy (non-hydrogen) atoms. The number of nitrogens with zero attached hydrogens (tertiary/aromatic N) is 1. The van der Waals surface area contributed by atoms with Gasteiger partial charge in [-0.3, -0.25) is 19.7 Å². The van der Waals surface area contributed by atoms with Crippen LogP contribution >= 0.6 is 0 Å². The van der Waals surface area contributed by atoms with Gasteiger partial charge in [0.05, 0.1) is 17.8 Å². The zero-order valence-electron chi connectivity index (χ0n) is 22.6. The molecule has 2 aliphatic rings. The van der Waals surface area contributed by atoms with E-state index in [9.17, 15) is 54.8 Å². The Hall–Kier alpha value is -3.98. The number of non-ortho nitro benzene ring substituents is 1. The van der Waals surface area contributed by atoms with Crippen molar-refractivity contribution >= 4 is 23.2 Å². The van der Waals surface area contributed by atoms with Gasteiger partial charge in [0.15, 0.2) is 11.3 Å². The lowest BCUT2D eigenvalue weighted by atomic mass is 9.76. The van der Waals surface area contributed by atoms with Crippen molar-refractivity contribution in [1.82, 2.24) is 10.6 Å². The van der Waals surface area contributed by atoms with E-state index in [0.29, 0.717) is 19.1 Å². The van der Waals surface area contributed by atoms with Gasteiger partial charge in [0, 0.05) is 28.9 Å². The van der Waals surface area contributed by atoms with Crippen LogP contribution in [0.5, 0.6) is 0 Å². The number of nitro benzene ring substituents is 1. The van der Waals surface area contributed by atoms with E-state index in [4.69, 9.17) is 5.73 Å². The second kappa shape index (κ2) is 10.1. The lowest BCUT2D eigenvalue weighted by Gasteiger charge is -2.45. The van der Waals surface area contributed by atoms with Crippen LogP contribution in [0.1, 0.15) is 51.7 Å². The van der Waals surface area contributed by atoms with E-state index in [2.05, 4.69) is 0 Å². The summed E-state index contributed by atoms with van der Waals surface area (Å²) in [5.74, 6) is -12.1. The predicted octanol–water partition coefficient (Wildman–Crippen LogP) is 5.34. The van der Waals surface area contributed by atoms with Gasteiger partial charge < -0.3 is 16.4 Å². The summed E-state index contributed by atoms with van der Waals surface area (Å²) in [5.41, 5.74) is -6.78. The smallest absolute Gasteiger partial charge is 0.278 e. The second-order valence-corrected chi connectivity index (χ2v) is 11.0. The normalized spacial score (nSPS) is 31.7. The highest BCUT2D eigenvalue weighted by Gasteiger charge is 2.64. The second-order valence-electron chi connectivity index (χ2n) is 11.0. The SMILES string of the molecule is CC1(F)CC(F)(F)[C@@](C)(c2cc(N)ccc2F)NC1=O.CC1(F)CC(F)(F)[C@@](C)(c2cc([N+](=O)[O-])ccc2F)NC1=O. The molecule has 2 amide bonds. The molecule has 2 heterocycles. The molecule has 2 aliphatic heterocycles. The molecule has 230 valence electrons. The van der Waals surface area contributed by atoms with Crippen molar-refractivity contribution < 1.29 is 49.6 Å². The molecular weight excluding hydrogens is 584 g/mol. The summed E-state index contributed by atoms with van der Waals surface area (Å²) in [7, 11) is 0. The molecule has 2 saturated heterocycles. The van der Waals surface area contributed by atoms with Crippen molar-refractivity contribution in [3.05, 3.63) is 69.3 Å². The van der Waals surface area contributed by atoms with Gasteiger partial charge in [0.2, 0.25) is 0 Å². The van der Waals surface area contributed by atoms with E-state index in [0.717, 1.165) is 39.0 Å². The van der Waals surface area contributed by atoms with E-state index in [1.54, 1.807) is 5.32 Å². The Labute approximate surface area is 233 Å². The Morgan fingerprint density at radius 3 is 1.52 bits per heavy atom. The topological polar surface area (TPSA) is 127 Å². The van der Waals surface area contributed by atoms with E-state index in [1.165, 1.54) is 6.07 Å². The molecule has 0 bridgehead atoms. The molecule has 0 aliphatic carbocycles. The van der Waals surface area contributed by atoms with Crippen molar-refractivity contribution in [2.75, 3.05) is 5.73 Å². The van der Waals surface area contributed by atoms with Gasteiger partial charge in [0.1, 0.15) is 22.7 Å². The largest absolute Gasteiger partial charge is 0.399 e. The Morgan fingerprint density at radius 1 is 0.738 bits per heavy atom. The van der Waals surface area contributed by atoms with Crippen molar-refractivity contribution in [3.63, 3.8) is 0 Å². The number of nitro groups is 1. The molecule has 4 N–H and O–H groups in total. The number of alkyl halides is 6. The van der Waals surface area contributed by atoms with Gasteiger partial charge >= 0.3 is 0 Å². The number of piperidine rings is 2. The summed E-state index contributed by atoms with van der Waals surface area (Å²) < 4.78 is 113. The van der Waals surface area contributed by atoms with E-state index in [1.807, 2.05) is 5.32 Å². The molecular formula is C26H26F8N4O4. The van der Waals surface area contributed by atoms with E-state index < -0.39 is 92.3 Å². The van der Waals surface area contributed by atoms with Gasteiger partial charge in [-0.25, -0.2) is 35.1 Å². The number of carbonyl (C=O) groups excluding carboxylic acids is 2. The number of carbonyl (C=O) groups is 2. The minimum atomic E-state index is -3.85. The number of hydrogen-bond acceptors (Lipinski definition) is 5. The first-order valence-corrected chi connectivity index (χ1v) is 12.2. The summed E-state index contributed by atoms with van der Waals surface area (Å²) in [6.45, 7) is 3.23. The average molecular weight is 611 g/mol. The maximum absolute atomic E-state index is 14.3. The number of nitrogen functional groups attached to an aromatic ring is 1. The van der Waals surface area contributed by atoms with Crippen LogP contribution < -0.4 is 16.4 Å². The molecule has 0 aromatic heterocycles. The number of hydrogen-bond donors (Lipinski definition) is 3. The van der Waals surface area contributed by atoms with Crippen LogP contribution in [0, 0.1) is 21.7 Å². The predicted molar refractivity (Wildman–Crippen MR) is 133 cm³/mol. The first-order valence-electron chi connectivity index (χ1n) is 12.2. The van der Waals surface area contributed by atoms with Crippen LogP contribution in [0.4, 0.5) is 46.5 Å². The van der Waals surface area contributed by atoms with Crippen LogP contribution in [-0.2, 0) is 20.7 Å². The maximum atomic E-state index is 14.3. The quantitative estimate of drug-likeness (QED) is 0.187. The standard InChI is InChI=1S/C13H12F4N2O3.C13H14F4N2O/c1-11(15)6-13(16,17)12(2,18-10(11)20)8-5-7(19(21)22)3-4-9(8)14;1-11(15)6-13(16,17)12(2,19-10(11)20)8-5-7(18)3-4-9(8)14/h3-5H,6H2,1-2H3,(H,18,20);3-5H,6,18H2,1-2H3,(H,19,20)/t2*11?,12-/m11/s1. The third kappa shape index (κ3) is 5.45. The van der Waals surface area contributed by atoms with E-state index in [-0.39, 0.29) is 5.69 Å². The zero-order valence-corrected chi connectivity index (χ0v) is 22.6. The first kappa shape index (κ1) is 32.5. The van der Waals surface area contributed by atoms with Crippen molar-refractivity contribution in [3.8, 4) is 0 Å². The summed E-state index contributed by atoms with van der Waals surface area (Å²) in [6.07, 6.45) is -2.78. The lowest BCUT2D eigenvalue weighted by Crippen LogP contribution is -2.66.